The zero-order chi connectivity index (χ0) is 17.6. The Bertz CT molecular complexity index is 1120. The van der Waals surface area contributed by atoms with E-state index in [9.17, 15) is 4.79 Å². The molecule has 4 nitrogen and oxygen atoms in total. The monoisotopic (exact) mass is 329 g/mol. The average molecular weight is 329 g/mol. The first-order chi connectivity index (χ1) is 12.1. The fourth-order valence-electron chi connectivity index (χ4n) is 3.40. The molecular formula is C21H19N3O. The highest BCUT2D eigenvalue weighted by molar-refractivity contribution is 5.88. The first-order valence-electron chi connectivity index (χ1n) is 8.30. The van der Waals surface area contributed by atoms with Gasteiger partial charge >= 0.3 is 0 Å². The van der Waals surface area contributed by atoms with Gasteiger partial charge in [0, 0.05) is 22.5 Å². The third-order valence-corrected chi connectivity index (χ3v) is 4.69. The van der Waals surface area contributed by atoms with E-state index in [1.807, 2.05) is 44.2 Å². The van der Waals surface area contributed by atoms with E-state index in [4.69, 9.17) is 0 Å². The number of aryl methyl sites for hydroxylation is 3. The second-order valence-electron chi connectivity index (χ2n) is 6.33. The van der Waals surface area contributed by atoms with Gasteiger partial charge in [0.05, 0.1) is 17.3 Å². The average Bonchev–Trinajstić information content (AvgIpc) is 2.88. The van der Waals surface area contributed by atoms with Crippen molar-refractivity contribution in [2.24, 2.45) is 0 Å². The lowest BCUT2D eigenvalue weighted by Gasteiger charge is -2.09. The molecule has 0 bridgehead atoms. The highest BCUT2D eigenvalue weighted by Gasteiger charge is 2.17. The minimum Gasteiger partial charge on any atom is -0.317 e. The Balaban J connectivity index is 2.01. The molecule has 0 aliphatic rings. The van der Waals surface area contributed by atoms with E-state index in [0.29, 0.717) is 0 Å². The molecule has 4 aromatic rings. The molecule has 2 heterocycles. The molecule has 0 N–H and O–H groups in total. The van der Waals surface area contributed by atoms with Gasteiger partial charge in [0.15, 0.2) is 0 Å². The molecule has 25 heavy (non-hydrogen) atoms. The molecular weight excluding hydrogens is 310 g/mol. The number of fused-ring (bicyclic) bond motifs is 1. The van der Waals surface area contributed by atoms with Crippen LogP contribution in [0.3, 0.4) is 0 Å². The molecule has 4 rings (SSSR count). The minimum absolute atomic E-state index is 0.0878. The standard InChI is InChI=1S/C21H19N3O/c1-14-9-11-17(12-10-14)23-15(2)19-13-22-24(18-7-5-4-6-8-18)21(25)20(19)16(23)3/h4-13H,1-3H3. The highest BCUT2D eigenvalue weighted by atomic mass is 16.1. The second kappa shape index (κ2) is 5.74. The van der Waals surface area contributed by atoms with Gasteiger partial charge in [-0.3, -0.25) is 4.79 Å². The minimum atomic E-state index is -0.0878. The summed E-state index contributed by atoms with van der Waals surface area (Å²) in [5.41, 5.74) is 4.92. The zero-order valence-electron chi connectivity index (χ0n) is 14.5. The lowest BCUT2D eigenvalue weighted by Crippen LogP contribution is -2.20. The Morgan fingerprint density at radius 1 is 0.800 bits per heavy atom. The number of hydrogen-bond acceptors (Lipinski definition) is 2. The molecule has 0 aliphatic carbocycles. The van der Waals surface area contributed by atoms with E-state index in [0.717, 1.165) is 33.5 Å². The Hall–Kier alpha value is -3.14. The van der Waals surface area contributed by atoms with E-state index in [2.05, 4.69) is 40.9 Å². The quantitative estimate of drug-likeness (QED) is 0.555. The van der Waals surface area contributed by atoms with Gasteiger partial charge in [0.2, 0.25) is 0 Å². The van der Waals surface area contributed by atoms with Crippen molar-refractivity contribution in [2.75, 3.05) is 0 Å². The molecule has 0 spiro atoms. The van der Waals surface area contributed by atoms with Crippen molar-refractivity contribution in [2.45, 2.75) is 20.8 Å². The molecule has 0 atom stereocenters. The van der Waals surface area contributed by atoms with Crippen LogP contribution in [-0.4, -0.2) is 14.3 Å². The summed E-state index contributed by atoms with van der Waals surface area (Å²) in [5.74, 6) is 0. The lowest BCUT2D eigenvalue weighted by atomic mass is 10.2. The van der Waals surface area contributed by atoms with Crippen molar-refractivity contribution in [1.29, 1.82) is 0 Å². The molecule has 0 radical (unpaired) electrons. The van der Waals surface area contributed by atoms with E-state index in [-0.39, 0.29) is 5.56 Å². The van der Waals surface area contributed by atoms with E-state index < -0.39 is 0 Å². The Labute approximate surface area is 146 Å². The van der Waals surface area contributed by atoms with Gasteiger partial charge in [-0.2, -0.15) is 9.78 Å². The second-order valence-corrected chi connectivity index (χ2v) is 6.33. The summed E-state index contributed by atoms with van der Waals surface area (Å²) in [5, 5.41) is 6.01. The smallest absolute Gasteiger partial charge is 0.281 e. The van der Waals surface area contributed by atoms with Crippen molar-refractivity contribution in [1.82, 2.24) is 14.3 Å². The van der Waals surface area contributed by atoms with Crippen LogP contribution in [0.25, 0.3) is 22.1 Å². The molecule has 0 unspecified atom stereocenters. The highest BCUT2D eigenvalue weighted by Crippen LogP contribution is 2.26. The first kappa shape index (κ1) is 15.4. The van der Waals surface area contributed by atoms with Gasteiger partial charge in [0.25, 0.3) is 5.56 Å². The van der Waals surface area contributed by atoms with Gasteiger partial charge in [-0.1, -0.05) is 35.9 Å². The SMILES string of the molecule is Cc1ccc(-n2c(C)c3cnn(-c4ccccc4)c(=O)c3c2C)cc1. The third-order valence-electron chi connectivity index (χ3n) is 4.69. The normalized spacial score (nSPS) is 11.2. The van der Waals surface area contributed by atoms with Crippen LogP contribution in [0.1, 0.15) is 17.0 Å². The maximum atomic E-state index is 13.1. The van der Waals surface area contributed by atoms with Crippen molar-refractivity contribution in [3.8, 4) is 11.4 Å². The van der Waals surface area contributed by atoms with E-state index >= 15 is 0 Å². The summed E-state index contributed by atoms with van der Waals surface area (Å²) in [6.07, 6.45) is 1.79. The lowest BCUT2D eigenvalue weighted by molar-refractivity contribution is 0.821. The number of hydrogen-bond donors (Lipinski definition) is 0. The van der Waals surface area contributed by atoms with Crippen molar-refractivity contribution in [3.05, 3.63) is 88.1 Å². The summed E-state index contributed by atoms with van der Waals surface area (Å²) >= 11 is 0. The maximum Gasteiger partial charge on any atom is 0.281 e. The third kappa shape index (κ3) is 2.38. The van der Waals surface area contributed by atoms with Crippen LogP contribution in [0.15, 0.2) is 65.6 Å². The number of benzene rings is 2. The molecule has 2 aromatic carbocycles. The molecule has 124 valence electrons. The van der Waals surface area contributed by atoms with Crippen molar-refractivity contribution < 1.29 is 0 Å². The van der Waals surface area contributed by atoms with E-state index in [1.54, 1.807) is 6.20 Å². The predicted octanol–water partition coefficient (Wildman–Crippen LogP) is 4.10. The van der Waals surface area contributed by atoms with Crippen LogP contribution in [-0.2, 0) is 0 Å². The van der Waals surface area contributed by atoms with Gasteiger partial charge in [-0.25, -0.2) is 0 Å². The maximum absolute atomic E-state index is 13.1. The first-order valence-corrected chi connectivity index (χ1v) is 8.30. The molecule has 4 heteroatoms. The fourth-order valence-corrected chi connectivity index (χ4v) is 3.40. The van der Waals surface area contributed by atoms with Crippen LogP contribution in [0, 0.1) is 20.8 Å². The van der Waals surface area contributed by atoms with Crippen molar-refractivity contribution in [3.63, 3.8) is 0 Å². The van der Waals surface area contributed by atoms with Crippen LogP contribution >= 0.6 is 0 Å². The molecule has 2 aromatic heterocycles. The Kier molecular flexibility index (Phi) is 3.53. The molecule has 0 amide bonds. The summed E-state index contributed by atoms with van der Waals surface area (Å²) in [4.78, 5) is 13.1. The zero-order valence-corrected chi connectivity index (χ0v) is 14.5. The topological polar surface area (TPSA) is 39.8 Å². The van der Waals surface area contributed by atoms with Crippen LogP contribution in [0.5, 0.6) is 0 Å². The summed E-state index contributed by atoms with van der Waals surface area (Å²) < 4.78 is 3.59. The Morgan fingerprint density at radius 3 is 2.16 bits per heavy atom. The molecule has 0 saturated carbocycles. The fraction of sp³-hybridized carbons (Fsp3) is 0.143. The molecule has 0 saturated heterocycles. The molecule has 0 fully saturated rings. The van der Waals surface area contributed by atoms with Crippen LogP contribution < -0.4 is 5.56 Å². The van der Waals surface area contributed by atoms with Crippen LogP contribution in [0.2, 0.25) is 0 Å². The van der Waals surface area contributed by atoms with Gasteiger partial charge in [0.1, 0.15) is 0 Å². The number of rotatable bonds is 2. The van der Waals surface area contributed by atoms with Crippen LogP contribution in [0.4, 0.5) is 0 Å². The summed E-state index contributed by atoms with van der Waals surface area (Å²) in [6.45, 7) is 6.09. The van der Waals surface area contributed by atoms with Gasteiger partial charge in [-0.15, -0.1) is 0 Å². The number of para-hydroxylation sites is 1. The Morgan fingerprint density at radius 2 is 1.48 bits per heavy atom. The van der Waals surface area contributed by atoms with Crippen molar-refractivity contribution >= 4 is 10.8 Å². The summed E-state index contributed by atoms with van der Waals surface area (Å²) in [6, 6.07) is 17.8. The number of aromatic nitrogens is 3. The van der Waals surface area contributed by atoms with Gasteiger partial charge in [-0.05, 0) is 45.0 Å². The molecule has 0 aliphatic heterocycles. The van der Waals surface area contributed by atoms with Gasteiger partial charge < -0.3 is 4.57 Å². The number of nitrogens with zero attached hydrogens (tertiary/aromatic N) is 3. The largest absolute Gasteiger partial charge is 0.317 e. The summed E-state index contributed by atoms with van der Waals surface area (Å²) in [7, 11) is 0. The van der Waals surface area contributed by atoms with E-state index in [1.165, 1.54) is 10.2 Å². The predicted molar refractivity (Wildman–Crippen MR) is 101 cm³/mol.